The smallest absolute Gasteiger partial charge is 0.161 e. The Bertz CT molecular complexity index is 860. The van der Waals surface area contributed by atoms with Crippen molar-refractivity contribution in [1.82, 2.24) is 0 Å². The molecule has 7 heteroatoms. The van der Waals surface area contributed by atoms with E-state index < -0.39 is 0 Å². The molecule has 6 nitrogen and oxygen atoms in total. The van der Waals surface area contributed by atoms with E-state index in [4.69, 9.17) is 18.9 Å². The molecule has 3 rings (SSSR count). The highest BCUT2D eigenvalue weighted by Gasteiger charge is 2.41. The maximum Gasteiger partial charge on any atom is 0.161 e. The van der Waals surface area contributed by atoms with Gasteiger partial charge in [-0.2, -0.15) is 0 Å². The zero-order valence-corrected chi connectivity index (χ0v) is 19.2. The highest BCUT2D eigenvalue weighted by Crippen LogP contribution is 2.45. The van der Waals surface area contributed by atoms with E-state index in [1.54, 1.807) is 28.4 Å². The lowest BCUT2D eigenvalue weighted by Gasteiger charge is -2.46. The predicted molar refractivity (Wildman–Crippen MR) is 112 cm³/mol. The van der Waals surface area contributed by atoms with E-state index in [9.17, 15) is 5.11 Å². The molecule has 0 aromatic heterocycles. The van der Waals surface area contributed by atoms with Crippen molar-refractivity contribution in [2.24, 2.45) is 0 Å². The van der Waals surface area contributed by atoms with Gasteiger partial charge in [0.25, 0.3) is 0 Å². The number of hydrogen-bond donors (Lipinski definition) is 1. The van der Waals surface area contributed by atoms with Crippen molar-refractivity contribution in [3.8, 4) is 23.0 Å². The molecule has 30 heavy (non-hydrogen) atoms. The van der Waals surface area contributed by atoms with Gasteiger partial charge in [-0.15, -0.1) is 0 Å². The van der Waals surface area contributed by atoms with E-state index in [2.05, 4.69) is 31.3 Å². The highest BCUT2D eigenvalue weighted by atomic mass is 35.5. The van der Waals surface area contributed by atoms with Gasteiger partial charge in [-0.25, -0.2) is 0 Å². The molecule has 0 radical (unpaired) electrons. The molecular formula is C23H32ClNO5. The maximum atomic E-state index is 9.48. The van der Waals surface area contributed by atoms with Gasteiger partial charge in [0.2, 0.25) is 0 Å². The van der Waals surface area contributed by atoms with Crippen LogP contribution in [0.5, 0.6) is 23.0 Å². The number of methoxy groups -OCH3 is 4. The minimum absolute atomic E-state index is 0. The summed E-state index contributed by atoms with van der Waals surface area (Å²) in [4.78, 5) is 0. The van der Waals surface area contributed by atoms with Crippen molar-refractivity contribution in [2.75, 3.05) is 55.2 Å². The van der Waals surface area contributed by atoms with Gasteiger partial charge >= 0.3 is 0 Å². The van der Waals surface area contributed by atoms with Crippen molar-refractivity contribution < 1.29 is 40.9 Å². The Morgan fingerprint density at radius 3 is 2.10 bits per heavy atom. The number of rotatable bonds is 8. The summed E-state index contributed by atoms with van der Waals surface area (Å²) in [5.41, 5.74) is 3.64. The number of ether oxygens (including phenoxy) is 4. The maximum absolute atomic E-state index is 9.48. The standard InChI is InChI=1S/C23H32NO5.ClH/c1-24(10-6-12-25)11-9-16-13-21(28-4)22(29-5)15-18(16)23(24)17-7-8-19(26-2)20(14-17)27-3;/h7-8,13-15,23,25H,6,9-12H2,1-5H3;1H/q+1;/p-1/t23-,24-;/m1./s1. The van der Waals surface area contributed by atoms with Crippen LogP contribution in [0.15, 0.2) is 30.3 Å². The van der Waals surface area contributed by atoms with Gasteiger partial charge in [0.05, 0.1) is 48.6 Å². The summed E-state index contributed by atoms with van der Waals surface area (Å²) in [6.07, 6.45) is 1.70. The minimum atomic E-state index is 0. The van der Waals surface area contributed by atoms with Gasteiger partial charge in [0.15, 0.2) is 23.0 Å². The molecule has 0 aliphatic carbocycles. The molecule has 1 aliphatic rings. The third kappa shape index (κ3) is 4.46. The van der Waals surface area contributed by atoms with Gasteiger partial charge in [-0.05, 0) is 35.9 Å². The number of hydrogen-bond acceptors (Lipinski definition) is 5. The largest absolute Gasteiger partial charge is 1.00 e. The van der Waals surface area contributed by atoms with Crippen LogP contribution < -0.4 is 31.4 Å². The number of fused-ring (bicyclic) bond motifs is 1. The Morgan fingerprint density at radius 1 is 0.900 bits per heavy atom. The second-order valence-electron chi connectivity index (χ2n) is 7.68. The quantitative estimate of drug-likeness (QED) is 0.598. The molecule has 2 atom stereocenters. The second kappa shape index (κ2) is 10.2. The Labute approximate surface area is 185 Å². The summed E-state index contributed by atoms with van der Waals surface area (Å²) in [5, 5.41) is 9.48. The van der Waals surface area contributed by atoms with Crippen LogP contribution in [0.1, 0.15) is 29.2 Å². The first-order valence-corrected chi connectivity index (χ1v) is 9.93. The van der Waals surface area contributed by atoms with Crippen molar-refractivity contribution in [1.29, 1.82) is 0 Å². The van der Waals surface area contributed by atoms with E-state index in [0.29, 0.717) is 11.5 Å². The molecule has 0 bridgehead atoms. The monoisotopic (exact) mass is 437 g/mol. The van der Waals surface area contributed by atoms with Crippen LogP contribution in [-0.2, 0) is 6.42 Å². The first-order valence-electron chi connectivity index (χ1n) is 9.93. The van der Waals surface area contributed by atoms with E-state index in [1.807, 2.05) is 6.07 Å². The number of halogens is 1. The predicted octanol–water partition coefficient (Wildman–Crippen LogP) is 0.200. The van der Waals surface area contributed by atoms with E-state index in [0.717, 1.165) is 47.5 Å². The average molecular weight is 438 g/mol. The third-order valence-corrected chi connectivity index (χ3v) is 6.01. The summed E-state index contributed by atoms with van der Waals surface area (Å²) in [6.45, 7) is 2.04. The van der Waals surface area contributed by atoms with E-state index >= 15 is 0 Å². The van der Waals surface area contributed by atoms with E-state index in [1.165, 1.54) is 11.1 Å². The minimum Gasteiger partial charge on any atom is -1.00 e. The summed E-state index contributed by atoms with van der Waals surface area (Å²) in [6, 6.07) is 10.4. The first kappa shape index (κ1) is 24.1. The molecule has 1 N–H and O–H groups in total. The van der Waals surface area contributed by atoms with Crippen LogP contribution in [-0.4, -0.2) is 64.8 Å². The Kier molecular flexibility index (Phi) is 8.24. The van der Waals surface area contributed by atoms with E-state index in [-0.39, 0.29) is 25.1 Å². The molecule has 0 saturated carbocycles. The van der Waals surface area contributed by atoms with Crippen LogP contribution in [0.4, 0.5) is 0 Å². The van der Waals surface area contributed by atoms with Crippen molar-refractivity contribution >= 4 is 0 Å². The highest BCUT2D eigenvalue weighted by molar-refractivity contribution is 5.52. The molecule has 0 spiro atoms. The van der Waals surface area contributed by atoms with Gasteiger partial charge in [0, 0.05) is 30.6 Å². The summed E-state index contributed by atoms with van der Waals surface area (Å²) < 4.78 is 22.9. The fourth-order valence-corrected chi connectivity index (χ4v) is 4.48. The molecule has 1 aliphatic heterocycles. The number of aliphatic hydroxyl groups excluding tert-OH is 1. The molecule has 1 heterocycles. The van der Waals surface area contributed by atoms with Gasteiger partial charge in [-0.3, -0.25) is 0 Å². The number of benzene rings is 2. The Morgan fingerprint density at radius 2 is 1.50 bits per heavy atom. The van der Waals surface area contributed by atoms with Crippen molar-refractivity contribution in [3.05, 3.63) is 47.0 Å². The first-order chi connectivity index (χ1) is 14.0. The summed E-state index contributed by atoms with van der Waals surface area (Å²) in [5.74, 6) is 2.91. The van der Waals surface area contributed by atoms with Crippen LogP contribution in [0.2, 0.25) is 0 Å². The molecule has 2 aromatic rings. The Hall–Kier alpha value is -2.15. The second-order valence-corrected chi connectivity index (χ2v) is 7.68. The topological polar surface area (TPSA) is 57.2 Å². The van der Waals surface area contributed by atoms with Crippen LogP contribution >= 0.6 is 0 Å². The SMILES string of the molecule is COc1ccc([C@@H]2c3cc(OC)c(OC)cc3CC[N@@+]2(C)CCCO)cc1OC.[Cl-]. The van der Waals surface area contributed by atoms with Gasteiger partial charge in [-0.1, -0.05) is 0 Å². The number of nitrogens with zero attached hydrogens (tertiary/aromatic N) is 1. The summed E-state index contributed by atoms with van der Waals surface area (Å²) >= 11 is 0. The fourth-order valence-electron chi connectivity index (χ4n) is 4.48. The summed E-state index contributed by atoms with van der Waals surface area (Å²) in [7, 11) is 8.89. The molecule has 0 saturated heterocycles. The zero-order chi connectivity index (χ0) is 21.0. The van der Waals surface area contributed by atoms with Gasteiger partial charge in [0.1, 0.15) is 6.04 Å². The van der Waals surface area contributed by atoms with Crippen LogP contribution in [0.25, 0.3) is 0 Å². The molecule has 0 fully saturated rings. The molecule has 0 amide bonds. The molecular weight excluding hydrogens is 406 g/mol. The number of likely N-dealkylation sites (N-methyl/N-ethyl adjacent to an activating group) is 1. The van der Waals surface area contributed by atoms with Crippen molar-refractivity contribution in [2.45, 2.75) is 18.9 Å². The lowest BCUT2D eigenvalue weighted by molar-refractivity contribution is -0.935. The molecule has 2 aromatic carbocycles. The third-order valence-electron chi connectivity index (χ3n) is 6.01. The van der Waals surface area contributed by atoms with Crippen LogP contribution in [0, 0.1) is 0 Å². The lowest BCUT2D eigenvalue weighted by atomic mass is 9.85. The number of aliphatic hydroxyl groups is 1. The van der Waals surface area contributed by atoms with Gasteiger partial charge < -0.3 is 40.9 Å². The van der Waals surface area contributed by atoms with Crippen molar-refractivity contribution in [3.63, 3.8) is 0 Å². The molecule has 166 valence electrons. The Balaban J connectivity index is 0.00000320. The normalized spacial score (nSPS) is 20.0. The zero-order valence-electron chi connectivity index (χ0n) is 18.4. The average Bonchev–Trinajstić information content (AvgIpc) is 2.76. The molecule has 0 unspecified atom stereocenters. The fraction of sp³-hybridized carbons (Fsp3) is 0.478. The number of quaternary nitrogens is 1. The lowest BCUT2D eigenvalue weighted by Crippen LogP contribution is -3.00. The van der Waals surface area contributed by atoms with Crippen LogP contribution in [0.3, 0.4) is 0 Å².